The van der Waals surface area contributed by atoms with Gasteiger partial charge in [-0.15, -0.1) is 11.3 Å². The Kier molecular flexibility index (Phi) is 9.03. The molecule has 0 aliphatic rings. The highest BCUT2D eigenvalue weighted by molar-refractivity contribution is 7.20. The minimum absolute atomic E-state index is 0.117. The second kappa shape index (κ2) is 13.8. The first-order chi connectivity index (χ1) is 22.1. The number of fused-ring (bicyclic) bond motifs is 1. The van der Waals surface area contributed by atoms with Gasteiger partial charge in [0.05, 0.1) is 17.6 Å². The molecule has 0 spiro atoms. The molecule has 0 aliphatic heterocycles. The van der Waals surface area contributed by atoms with Crippen molar-refractivity contribution in [1.82, 2.24) is 4.98 Å². The van der Waals surface area contributed by atoms with Crippen LogP contribution in [0.3, 0.4) is 0 Å². The van der Waals surface area contributed by atoms with Gasteiger partial charge in [-0.1, -0.05) is 60.7 Å². The molecule has 1 N–H and O–H groups in total. The Morgan fingerprint density at radius 3 is 2.02 bits per heavy atom. The number of nitrogens with zero attached hydrogens (tertiary/aromatic N) is 1. The predicted molar refractivity (Wildman–Crippen MR) is 176 cm³/mol. The van der Waals surface area contributed by atoms with E-state index < -0.39 is 5.97 Å². The molecule has 0 aliphatic carbocycles. The normalized spacial score (nSPS) is 11.3. The lowest BCUT2D eigenvalue weighted by Gasteiger charge is -2.12. The van der Waals surface area contributed by atoms with Crippen molar-refractivity contribution in [3.05, 3.63) is 143 Å². The smallest absolute Gasteiger partial charge is 0.336 e. The SMILES string of the molecule is COc1cc2c(Oc3ccc(OCc4ccccc4)cc3)c(C=C(C(=O)O)c3ccncc3)sc2cc1OCc1ccccc1. The van der Waals surface area contributed by atoms with Crippen molar-refractivity contribution in [3.63, 3.8) is 0 Å². The lowest BCUT2D eigenvalue weighted by Crippen LogP contribution is -1.99. The Labute approximate surface area is 264 Å². The second-order valence-electron chi connectivity index (χ2n) is 10.0. The number of carbonyl (C=O) groups is 1. The van der Waals surface area contributed by atoms with Crippen LogP contribution in [0.1, 0.15) is 21.6 Å². The van der Waals surface area contributed by atoms with Gasteiger partial charge in [0.2, 0.25) is 0 Å². The monoisotopic (exact) mass is 615 g/mol. The summed E-state index contributed by atoms with van der Waals surface area (Å²) in [7, 11) is 1.59. The van der Waals surface area contributed by atoms with Crippen molar-refractivity contribution < 1.29 is 28.8 Å². The van der Waals surface area contributed by atoms with Crippen molar-refractivity contribution in [3.8, 4) is 28.7 Å². The van der Waals surface area contributed by atoms with Crippen molar-refractivity contribution >= 4 is 39.0 Å². The van der Waals surface area contributed by atoms with Gasteiger partial charge in [-0.2, -0.15) is 0 Å². The van der Waals surface area contributed by atoms with Crippen LogP contribution in [0.5, 0.6) is 28.7 Å². The van der Waals surface area contributed by atoms with Crippen LogP contribution < -0.4 is 18.9 Å². The summed E-state index contributed by atoms with van der Waals surface area (Å²) in [5, 5.41) is 10.9. The topological polar surface area (TPSA) is 87.1 Å². The van der Waals surface area contributed by atoms with Gasteiger partial charge in [-0.3, -0.25) is 4.98 Å². The minimum Gasteiger partial charge on any atom is -0.493 e. The van der Waals surface area contributed by atoms with Gasteiger partial charge in [-0.05, 0) is 65.2 Å². The molecule has 0 saturated heterocycles. The zero-order valence-corrected chi connectivity index (χ0v) is 25.2. The molecule has 0 atom stereocenters. The molecular weight excluding hydrogens is 586 g/mol. The maximum absolute atomic E-state index is 12.4. The lowest BCUT2D eigenvalue weighted by atomic mass is 10.1. The number of aliphatic carboxylic acids is 1. The zero-order chi connectivity index (χ0) is 31.0. The van der Waals surface area contributed by atoms with Crippen molar-refractivity contribution in [1.29, 1.82) is 0 Å². The number of aromatic nitrogens is 1. The van der Waals surface area contributed by atoms with E-state index in [0.29, 0.717) is 52.4 Å². The number of ether oxygens (including phenoxy) is 4. The highest BCUT2D eigenvalue weighted by Gasteiger charge is 2.20. The Morgan fingerprint density at radius 2 is 1.40 bits per heavy atom. The van der Waals surface area contributed by atoms with Gasteiger partial charge in [0.15, 0.2) is 17.2 Å². The molecule has 2 aromatic heterocycles. The summed E-state index contributed by atoms with van der Waals surface area (Å²) >= 11 is 1.41. The number of hydrogen-bond acceptors (Lipinski definition) is 7. The fourth-order valence-electron chi connectivity index (χ4n) is 4.70. The van der Waals surface area contributed by atoms with Crippen LogP contribution >= 0.6 is 11.3 Å². The molecule has 224 valence electrons. The zero-order valence-electron chi connectivity index (χ0n) is 24.4. The maximum atomic E-state index is 12.4. The standard InChI is InChI=1S/C37H29NO6S/c1-41-32-20-31-34(22-33(32)43-24-26-10-6-3-7-11-26)45-35(21-30(37(39)40)27-16-18-38-19-17-27)36(31)44-29-14-12-28(13-15-29)42-23-25-8-4-2-5-9-25/h2-22H,23-24H2,1H3,(H,39,40). The molecule has 8 heteroatoms. The maximum Gasteiger partial charge on any atom is 0.336 e. The average molecular weight is 616 g/mol. The Morgan fingerprint density at radius 1 is 0.778 bits per heavy atom. The van der Waals surface area contributed by atoms with Gasteiger partial charge in [-0.25, -0.2) is 4.79 Å². The van der Waals surface area contributed by atoms with Crippen molar-refractivity contribution in [2.75, 3.05) is 7.11 Å². The molecule has 2 heterocycles. The molecule has 6 rings (SSSR count). The third-order valence-corrected chi connectivity index (χ3v) is 8.06. The number of methoxy groups -OCH3 is 1. The molecule has 45 heavy (non-hydrogen) atoms. The van der Waals surface area contributed by atoms with E-state index >= 15 is 0 Å². The molecule has 0 radical (unpaired) electrons. The van der Waals surface area contributed by atoms with E-state index in [2.05, 4.69) is 4.98 Å². The van der Waals surface area contributed by atoms with Crippen LogP contribution in [0.25, 0.3) is 21.7 Å². The van der Waals surface area contributed by atoms with E-state index in [9.17, 15) is 9.90 Å². The minimum atomic E-state index is -1.06. The third-order valence-electron chi connectivity index (χ3n) is 6.98. The fourth-order valence-corrected chi connectivity index (χ4v) is 5.79. The number of carboxylic acid groups (broad SMARTS) is 1. The first-order valence-electron chi connectivity index (χ1n) is 14.2. The summed E-state index contributed by atoms with van der Waals surface area (Å²) < 4.78 is 25.1. The molecular formula is C37H29NO6S. The molecule has 0 amide bonds. The average Bonchev–Trinajstić information content (AvgIpc) is 3.41. The summed E-state index contributed by atoms with van der Waals surface area (Å²) in [6.07, 6.45) is 4.76. The number of pyridine rings is 1. The number of rotatable bonds is 12. The van der Waals surface area contributed by atoms with Crippen molar-refractivity contribution in [2.45, 2.75) is 13.2 Å². The first-order valence-corrected chi connectivity index (χ1v) is 15.0. The van der Waals surface area contributed by atoms with Crippen LogP contribution in [0.2, 0.25) is 0 Å². The third kappa shape index (κ3) is 7.14. The number of hydrogen-bond donors (Lipinski definition) is 1. The number of carboxylic acids is 1. The van der Waals surface area contributed by atoms with Gasteiger partial charge < -0.3 is 24.1 Å². The Bertz CT molecular complexity index is 1920. The van der Waals surface area contributed by atoms with Crippen molar-refractivity contribution in [2.24, 2.45) is 0 Å². The van der Waals surface area contributed by atoms with E-state index in [4.69, 9.17) is 18.9 Å². The van der Waals surface area contributed by atoms with Crippen LogP contribution in [0.15, 0.2) is 122 Å². The molecule has 7 nitrogen and oxygen atoms in total. The van der Waals surface area contributed by atoms with Gasteiger partial charge in [0.25, 0.3) is 0 Å². The largest absolute Gasteiger partial charge is 0.493 e. The van der Waals surface area contributed by atoms with E-state index in [1.807, 2.05) is 97.1 Å². The molecule has 0 saturated carbocycles. The predicted octanol–water partition coefficient (Wildman–Crippen LogP) is 8.88. The van der Waals surface area contributed by atoms with Crippen LogP contribution in [-0.4, -0.2) is 23.2 Å². The van der Waals surface area contributed by atoms with Gasteiger partial charge in [0, 0.05) is 28.5 Å². The van der Waals surface area contributed by atoms with E-state index in [0.717, 1.165) is 21.2 Å². The van der Waals surface area contributed by atoms with E-state index in [1.54, 1.807) is 37.7 Å². The molecule has 0 bridgehead atoms. The number of thiophene rings is 1. The van der Waals surface area contributed by atoms with Gasteiger partial charge >= 0.3 is 5.97 Å². The van der Waals surface area contributed by atoms with Crippen LogP contribution in [-0.2, 0) is 18.0 Å². The Hall–Kier alpha value is -5.60. The fraction of sp³-hybridized carbons (Fsp3) is 0.0811. The second-order valence-corrected chi connectivity index (χ2v) is 11.1. The van der Waals surface area contributed by atoms with E-state index in [-0.39, 0.29) is 5.57 Å². The summed E-state index contributed by atoms with van der Waals surface area (Å²) in [4.78, 5) is 17.0. The molecule has 0 unspecified atom stereocenters. The summed E-state index contributed by atoms with van der Waals surface area (Å²) in [5.74, 6) is 1.83. The summed E-state index contributed by atoms with van der Waals surface area (Å²) in [6, 6.07) is 34.3. The summed E-state index contributed by atoms with van der Waals surface area (Å²) in [6.45, 7) is 0.820. The van der Waals surface area contributed by atoms with Gasteiger partial charge in [0.1, 0.15) is 24.7 Å². The Balaban J connectivity index is 1.36. The molecule has 4 aromatic carbocycles. The first kappa shape index (κ1) is 29.5. The lowest BCUT2D eigenvalue weighted by molar-refractivity contribution is -0.130. The number of benzene rings is 4. The van der Waals surface area contributed by atoms with Crippen LogP contribution in [0, 0.1) is 0 Å². The van der Waals surface area contributed by atoms with Crippen LogP contribution in [0.4, 0.5) is 0 Å². The van der Waals surface area contributed by atoms with E-state index in [1.165, 1.54) is 11.3 Å². The quantitative estimate of drug-likeness (QED) is 0.138. The molecule has 0 fully saturated rings. The highest BCUT2D eigenvalue weighted by atomic mass is 32.1. The summed E-state index contributed by atoms with van der Waals surface area (Å²) in [5.41, 5.74) is 2.75. The highest BCUT2D eigenvalue weighted by Crippen LogP contribution is 2.46. The molecule has 6 aromatic rings.